The van der Waals surface area contributed by atoms with Crippen molar-refractivity contribution < 1.29 is 13.2 Å². The summed E-state index contributed by atoms with van der Waals surface area (Å²) in [6, 6.07) is 77.6. The van der Waals surface area contributed by atoms with E-state index < -0.39 is 11.7 Å². The standard InChI is InChI=1S/C62H38F3N3/c63-62(64,65)55-24-14-13-23-48(55)53-33-34-56(67-57-35-44(40-15-5-1-6-16-40)25-29-49(57)50-30-26-45(36-58(50)67)41-17-7-2-8-18-41)54(39-66)61(53)68-59-37-46(42-19-9-3-10-20-42)27-31-51(59)52-32-28-47(38-60(52)68)43-21-11-4-12-22-43/h1-38H. The Balaban J connectivity index is 1.25. The quantitative estimate of drug-likeness (QED) is 0.157. The minimum absolute atomic E-state index is 0.0218. The van der Waals surface area contributed by atoms with Gasteiger partial charge in [0.25, 0.3) is 0 Å². The molecule has 0 spiro atoms. The molecule has 12 aromatic rings. The fourth-order valence-corrected chi connectivity index (χ4v) is 10.1. The van der Waals surface area contributed by atoms with E-state index in [0.717, 1.165) is 94.2 Å². The van der Waals surface area contributed by atoms with E-state index in [1.807, 2.05) is 108 Å². The number of rotatable bonds is 7. The Morgan fingerprint density at radius 3 is 1.06 bits per heavy atom. The van der Waals surface area contributed by atoms with E-state index in [9.17, 15) is 5.26 Å². The van der Waals surface area contributed by atoms with Gasteiger partial charge in [-0.15, -0.1) is 0 Å². The lowest BCUT2D eigenvalue weighted by Crippen LogP contribution is -2.10. The zero-order chi connectivity index (χ0) is 45.9. The molecular weight excluding hydrogens is 844 g/mol. The van der Waals surface area contributed by atoms with Gasteiger partial charge in [-0.05, 0) is 86.5 Å². The molecule has 6 heteroatoms. The van der Waals surface area contributed by atoms with Crippen molar-refractivity contribution in [1.29, 1.82) is 5.26 Å². The van der Waals surface area contributed by atoms with E-state index in [2.05, 4.69) is 108 Å². The van der Waals surface area contributed by atoms with Crippen LogP contribution in [-0.2, 0) is 6.18 Å². The van der Waals surface area contributed by atoms with Crippen molar-refractivity contribution in [1.82, 2.24) is 9.13 Å². The minimum atomic E-state index is -4.68. The van der Waals surface area contributed by atoms with Crippen molar-refractivity contribution in [2.75, 3.05) is 0 Å². The van der Waals surface area contributed by atoms with Gasteiger partial charge in [0.1, 0.15) is 11.6 Å². The Hall–Kier alpha value is -8.92. The summed E-state index contributed by atoms with van der Waals surface area (Å²) < 4.78 is 50.1. The molecule has 0 unspecified atom stereocenters. The van der Waals surface area contributed by atoms with Gasteiger partial charge in [0.2, 0.25) is 0 Å². The molecular formula is C62H38F3N3. The van der Waals surface area contributed by atoms with Crippen molar-refractivity contribution in [3.8, 4) is 73.1 Å². The Bertz CT molecular complexity index is 3740. The predicted molar refractivity (Wildman–Crippen MR) is 272 cm³/mol. The summed E-state index contributed by atoms with van der Waals surface area (Å²) in [6.45, 7) is 0. The Morgan fingerprint density at radius 2 is 0.691 bits per heavy atom. The summed E-state index contributed by atoms with van der Waals surface area (Å²) in [4.78, 5) is 0. The van der Waals surface area contributed by atoms with Crippen molar-refractivity contribution >= 4 is 43.6 Å². The number of hydrogen-bond acceptors (Lipinski definition) is 1. The molecule has 2 aromatic heterocycles. The average molecular weight is 882 g/mol. The topological polar surface area (TPSA) is 33.6 Å². The van der Waals surface area contributed by atoms with E-state index in [1.54, 1.807) is 12.1 Å². The lowest BCUT2D eigenvalue weighted by Gasteiger charge is -2.22. The van der Waals surface area contributed by atoms with Crippen LogP contribution in [0.5, 0.6) is 0 Å². The third-order valence-electron chi connectivity index (χ3n) is 13.2. The number of fused-ring (bicyclic) bond motifs is 6. The van der Waals surface area contributed by atoms with Gasteiger partial charge in [-0.3, -0.25) is 0 Å². The fraction of sp³-hybridized carbons (Fsp3) is 0.0161. The van der Waals surface area contributed by atoms with Crippen LogP contribution in [0.4, 0.5) is 13.2 Å². The summed E-state index contributed by atoms with van der Waals surface area (Å²) in [5.74, 6) is 0. The van der Waals surface area contributed by atoms with Gasteiger partial charge in [-0.2, -0.15) is 18.4 Å². The first-order valence-corrected chi connectivity index (χ1v) is 22.5. The fourth-order valence-electron chi connectivity index (χ4n) is 10.1. The second kappa shape index (κ2) is 16.2. The molecule has 0 atom stereocenters. The second-order valence-corrected chi connectivity index (χ2v) is 17.1. The maximum atomic E-state index is 15.3. The monoisotopic (exact) mass is 881 g/mol. The van der Waals surface area contributed by atoms with Crippen LogP contribution < -0.4 is 0 Å². The predicted octanol–water partition coefficient (Wildman–Crippen LogP) is 17.1. The van der Waals surface area contributed by atoms with E-state index in [1.165, 1.54) is 12.1 Å². The maximum Gasteiger partial charge on any atom is 0.417 e. The molecule has 68 heavy (non-hydrogen) atoms. The van der Waals surface area contributed by atoms with Crippen LogP contribution in [0.1, 0.15) is 11.1 Å². The normalized spacial score (nSPS) is 11.7. The first kappa shape index (κ1) is 40.6. The van der Waals surface area contributed by atoms with Gasteiger partial charge < -0.3 is 9.13 Å². The number of nitrogens with zero attached hydrogens (tertiary/aromatic N) is 3. The van der Waals surface area contributed by atoms with E-state index in [4.69, 9.17) is 0 Å². The molecule has 0 fully saturated rings. The van der Waals surface area contributed by atoms with Crippen LogP contribution in [0.15, 0.2) is 231 Å². The average Bonchev–Trinajstić information content (AvgIpc) is 3.89. The maximum absolute atomic E-state index is 15.3. The second-order valence-electron chi connectivity index (χ2n) is 17.1. The number of halogens is 3. The van der Waals surface area contributed by atoms with Crippen LogP contribution in [0.2, 0.25) is 0 Å². The molecule has 12 rings (SSSR count). The molecule has 0 radical (unpaired) electrons. The molecule has 0 saturated carbocycles. The zero-order valence-electron chi connectivity index (χ0n) is 36.4. The number of nitriles is 1. The third kappa shape index (κ3) is 6.75. The van der Waals surface area contributed by atoms with Crippen molar-refractivity contribution in [2.45, 2.75) is 6.18 Å². The van der Waals surface area contributed by atoms with Crippen LogP contribution in [0.3, 0.4) is 0 Å². The van der Waals surface area contributed by atoms with Gasteiger partial charge >= 0.3 is 6.18 Å². The molecule has 0 amide bonds. The highest BCUT2D eigenvalue weighted by Gasteiger charge is 2.35. The van der Waals surface area contributed by atoms with E-state index >= 15 is 13.2 Å². The van der Waals surface area contributed by atoms with Gasteiger partial charge in [-0.1, -0.05) is 194 Å². The molecule has 10 aromatic carbocycles. The van der Waals surface area contributed by atoms with Gasteiger partial charge in [-0.25, -0.2) is 0 Å². The summed E-state index contributed by atoms with van der Waals surface area (Å²) >= 11 is 0. The summed E-state index contributed by atoms with van der Waals surface area (Å²) in [5.41, 5.74) is 11.7. The lowest BCUT2D eigenvalue weighted by molar-refractivity contribution is -0.137. The molecule has 322 valence electrons. The molecule has 0 N–H and O–H groups in total. The SMILES string of the molecule is N#Cc1c(-n2c3cc(-c4ccccc4)ccc3c3ccc(-c4ccccc4)cc32)ccc(-c2ccccc2C(F)(F)F)c1-n1c2cc(-c3ccccc3)ccc2c2ccc(-c3ccccc3)cc21. The number of aromatic nitrogens is 2. The van der Waals surface area contributed by atoms with Crippen molar-refractivity contribution in [2.24, 2.45) is 0 Å². The minimum Gasteiger partial charge on any atom is -0.308 e. The van der Waals surface area contributed by atoms with Crippen molar-refractivity contribution in [3.63, 3.8) is 0 Å². The van der Waals surface area contributed by atoms with Gasteiger partial charge in [0, 0.05) is 27.1 Å². The first-order valence-electron chi connectivity index (χ1n) is 22.5. The Labute approximate surface area is 390 Å². The van der Waals surface area contributed by atoms with Crippen LogP contribution in [0.25, 0.3) is 111 Å². The molecule has 0 aliphatic heterocycles. The van der Waals surface area contributed by atoms with E-state index in [0.29, 0.717) is 11.4 Å². The van der Waals surface area contributed by atoms with Crippen LogP contribution in [-0.4, -0.2) is 9.13 Å². The molecule has 0 bridgehead atoms. The molecule has 3 nitrogen and oxygen atoms in total. The highest BCUT2D eigenvalue weighted by Crippen LogP contribution is 2.47. The van der Waals surface area contributed by atoms with Crippen LogP contribution >= 0.6 is 0 Å². The molecule has 0 aliphatic carbocycles. The van der Waals surface area contributed by atoms with Crippen LogP contribution in [0, 0.1) is 11.3 Å². The van der Waals surface area contributed by atoms with Gasteiger partial charge in [0.15, 0.2) is 0 Å². The zero-order valence-corrected chi connectivity index (χ0v) is 36.4. The third-order valence-corrected chi connectivity index (χ3v) is 13.2. The van der Waals surface area contributed by atoms with E-state index in [-0.39, 0.29) is 16.7 Å². The summed E-state index contributed by atoms with van der Waals surface area (Å²) in [6.07, 6.45) is -4.68. The molecule has 0 aliphatic rings. The number of hydrogen-bond donors (Lipinski definition) is 0. The summed E-state index contributed by atoms with van der Waals surface area (Å²) in [5, 5.41) is 15.7. The Kier molecular flexibility index (Phi) is 9.67. The highest BCUT2D eigenvalue weighted by molar-refractivity contribution is 6.14. The summed E-state index contributed by atoms with van der Waals surface area (Å²) in [7, 11) is 0. The number of benzene rings is 10. The molecule has 0 saturated heterocycles. The van der Waals surface area contributed by atoms with Crippen molar-refractivity contribution in [3.05, 3.63) is 242 Å². The largest absolute Gasteiger partial charge is 0.417 e. The molecule has 2 heterocycles. The highest BCUT2D eigenvalue weighted by atomic mass is 19.4. The van der Waals surface area contributed by atoms with Gasteiger partial charge in [0.05, 0.1) is 39.0 Å². The first-order chi connectivity index (χ1) is 33.3. The lowest BCUT2D eigenvalue weighted by atomic mass is 9.94. The Morgan fingerprint density at radius 1 is 0.338 bits per heavy atom. The number of alkyl halides is 3. The smallest absolute Gasteiger partial charge is 0.308 e.